The molecule has 0 spiro atoms. The van der Waals surface area contributed by atoms with Crippen molar-refractivity contribution in [3.05, 3.63) is 70.6 Å². The molecule has 2 aromatic rings. The van der Waals surface area contributed by atoms with Crippen molar-refractivity contribution in [1.29, 1.82) is 0 Å². The van der Waals surface area contributed by atoms with Crippen LogP contribution in [0.2, 0.25) is 0 Å². The third-order valence-corrected chi connectivity index (χ3v) is 2.93. The molecule has 0 bridgehead atoms. The molecular weight excluding hydrogens is 254 g/mol. The van der Waals surface area contributed by atoms with Gasteiger partial charge in [0.1, 0.15) is 12.4 Å². The summed E-state index contributed by atoms with van der Waals surface area (Å²) in [7, 11) is 0. The molecule has 0 radical (unpaired) electrons. The highest BCUT2D eigenvalue weighted by Crippen LogP contribution is 2.21. The predicted octanol–water partition coefficient (Wildman–Crippen LogP) is 3.60. The summed E-state index contributed by atoms with van der Waals surface area (Å²) in [5.74, 6) is 0.139. The van der Waals surface area contributed by atoms with Crippen LogP contribution in [0.3, 0.4) is 0 Å². The molecule has 20 heavy (non-hydrogen) atoms. The number of Topliss-reactive ketones (excluding diaryl/α,β-unsaturated/α-hetero) is 1. The number of para-hydroxylation sites is 1. The molecule has 2 aromatic carbocycles. The molecule has 4 nitrogen and oxygen atoms in total. The maximum absolute atomic E-state index is 12.0. The quantitative estimate of drug-likeness (QED) is 0.594. The van der Waals surface area contributed by atoms with E-state index in [0.29, 0.717) is 17.9 Å². The number of ketones is 1. The Labute approximate surface area is 117 Å². The molecular formula is C16H15NO3. The summed E-state index contributed by atoms with van der Waals surface area (Å²) < 4.78 is 5.67. The standard InChI is InChI=1S/C16H15NO3/c1-12(17-19)16(18)14-9-5-6-10-15(14)20-11-13-7-3-2-4-8-13/h2-10,12H,11H2,1H3. The van der Waals surface area contributed by atoms with Crippen molar-refractivity contribution in [3.63, 3.8) is 0 Å². The van der Waals surface area contributed by atoms with Gasteiger partial charge in [0, 0.05) is 0 Å². The summed E-state index contributed by atoms with van der Waals surface area (Å²) >= 11 is 0. The highest BCUT2D eigenvalue weighted by atomic mass is 16.5. The Kier molecular flexibility index (Phi) is 4.60. The first-order chi connectivity index (χ1) is 9.72. The van der Waals surface area contributed by atoms with E-state index in [1.54, 1.807) is 24.3 Å². The molecule has 1 atom stereocenters. The number of carbonyl (C=O) groups is 1. The zero-order chi connectivity index (χ0) is 14.4. The molecule has 0 heterocycles. The van der Waals surface area contributed by atoms with Crippen molar-refractivity contribution in [2.24, 2.45) is 5.18 Å². The van der Waals surface area contributed by atoms with Gasteiger partial charge in [0.15, 0.2) is 11.8 Å². The molecule has 0 saturated carbocycles. The monoisotopic (exact) mass is 269 g/mol. The Morgan fingerprint density at radius 2 is 1.75 bits per heavy atom. The lowest BCUT2D eigenvalue weighted by Crippen LogP contribution is -2.15. The predicted molar refractivity (Wildman–Crippen MR) is 76.8 cm³/mol. The fourth-order valence-electron chi connectivity index (χ4n) is 1.80. The third-order valence-electron chi connectivity index (χ3n) is 2.93. The van der Waals surface area contributed by atoms with Gasteiger partial charge < -0.3 is 4.74 Å². The minimum Gasteiger partial charge on any atom is -0.488 e. The second-order valence-electron chi connectivity index (χ2n) is 4.42. The van der Waals surface area contributed by atoms with E-state index in [-0.39, 0.29) is 5.78 Å². The van der Waals surface area contributed by atoms with E-state index in [1.807, 2.05) is 30.3 Å². The van der Waals surface area contributed by atoms with Crippen LogP contribution in [0.25, 0.3) is 0 Å². The normalized spacial score (nSPS) is 11.7. The van der Waals surface area contributed by atoms with Crippen molar-refractivity contribution in [3.8, 4) is 5.75 Å². The first kappa shape index (κ1) is 13.9. The molecule has 1 unspecified atom stereocenters. The molecule has 4 heteroatoms. The van der Waals surface area contributed by atoms with Gasteiger partial charge in [0.25, 0.3) is 0 Å². The Morgan fingerprint density at radius 3 is 2.45 bits per heavy atom. The largest absolute Gasteiger partial charge is 0.488 e. The topological polar surface area (TPSA) is 55.7 Å². The van der Waals surface area contributed by atoms with Gasteiger partial charge in [0.05, 0.1) is 5.56 Å². The summed E-state index contributed by atoms with van der Waals surface area (Å²) in [5, 5.41) is 2.77. The summed E-state index contributed by atoms with van der Waals surface area (Å²) in [6.07, 6.45) is 0. The first-order valence-corrected chi connectivity index (χ1v) is 6.35. The van der Waals surface area contributed by atoms with E-state index in [0.717, 1.165) is 5.56 Å². The average Bonchev–Trinajstić information content (AvgIpc) is 2.52. The van der Waals surface area contributed by atoms with E-state index >= 15 is 0 Å². The zero-order valence-corrected chi connectivity index (χ0v) is 11.2. The van der Waals surface area contributed by atoms with Crippen LogP contribution in [0.1, 0.15) is 22.8 Å². The number of nitroso groups, excluding NO2 is 1. The van der Waals surface area contributed by atoms with E-state index in [4.69, 9.17) is 4.74 Å². The second-order valence-corrected chi connectivity index (χ2v) is 4.42. The lowest BCUT2D eigenvalue weighted by Gasteiger charge is -2.11. The van der Waals surface area contributed by atoms with Crippen LogP contribution in [0.15, 0.2) is 59.8 Å². The molecule has 0 saturated heterocycles. The molecule has 0 aliphatic rings. The lowest BCUT2D eigenvalue weighted by atomic mass is 10.1. The van der Waals surface area contributed by atoms with E-state index in [1.165, 1.54) is 6.92 Å². The first-order valence-electron chi connectivity index (χ1n) is 6.35. The van der Waals surface area contributed by atoms with E-state index < -0.39 is 6.04 Å². The van der Waals surface area contributed by atoms with Crippen molar-refractivity contribution < 1.29 is 9.53 Å². The molecule has 0 aliphatic carbocycles. The number of benzene rings is 2. The van der Waals surface area contributed by atoms with Crippen LogP contribution in [0.5, 0.6) is 5.75 Å². The van der Waals surface area contributed by atoms with Gasteiger partial charge in [-0.25, -0.2) is 0 Å². The van der Waals surface area contributed by atoms with Crippen LogP contribution in [0, 0.1) is 4.91 Å². The Balaban J connectivity index is 2.16. The number of rotatable bonds is 6. The highest BCUT2D eigenvalue weighted by molar-refractivity contribution is 6.02. The van der Waals surface area contributed by atoms with Gasteiger partial charge in [0.2, 0.25) is 0 Å². The molecule has 0 amide bonds. The van der Waals surface area contributed by atoms with Gasteiger partial charge in [-0.2, -0.15) is 4.91 Å². The van der Waals surface area contributed by atoms with Crippen molar-refractivity contribution >= 4 is 5.78 Å². The second kappa shape index (κ2) is 6.61. The van der Waals surface area contributed by atoms with Crippen LogP contribution in [-0.4, -0.2) is 11.8 Å². The number of ether oxygens (including phenoxy) is 1. The summed E-state index contributed by atoms with van der Waals surface area (Å²) in [6, 6.07) is 15.6. The van der Waals surface area contributed by atoms with Gasteiger partial charge in [-0.15, -0.1) is 0 Å². The van der Waals surface area contributed by atoms with Crippen LogP contribution in [-0.2, 0) is 6.61 Å². The molecule has 0 aliphatic heterocycles. The number of hydrogen-bond acceptors (Lipinski definition) is 4. The van der Waals surface area contributed by atoms with Gasteiger partial charge in [-0.05, 0) is 24.6 Å². The number of nitrogens with zero attached hydrogens (tertiary/aromatic N) is 1. The Morgan fingerprint density at radius 1 is 1.10 bits per heavy atom. The van der Waals surface area contributed by atoms with Crippen LogP contribution in [0.4, 0.5) is 0 Å². The highest BCUT2D eigenvalue weighted by Gasteiger charge is 2.19. The van der Waals surface area contributed by atoms with Crippen LogP contribution >= 0.6 is 0 Å². The minimum atomic E-state index is -0.906. The average molecular weight is 269 g/mol. The maximum atomic E-state index is 12.0. The molecule has 102 valence electrons. The van der Waals surface area contributed by atoms with Crippen molar-refractivity contribution in [2.45, 2.75) is 19.6 Å². The van der Waals surface area contributed by atoms with E-state index in [9.17, 15) is 9.70 Å². The van der Waals surface area contributed by atoms with Gasteiger partial charge >= 0.3 is 0 Å². The summed E-state index contributed by atoms with van der Waals surface area (Å²) in [6.45, 7) is 1.84. The van der Waals surface area contributed by atoms with Gasteiger partial charge in [-0.1, -0.05) is 47.6 Å². The minimum absolute atomic E-state index is 0.330. The Bertz CT molecular complexity index is 596. The summed E-state index contributed by atoms with van der Waals surface area (Å²) in [4.78, 5) is 22.5. The molecule has 2 rings (SSSR count). The van der Waals surface area contributed by atoms with Crippen molar-refractivity contribution in [2.75, 3.05) is 0 Å². The third kappa shape index (κ3) is 3.29. The zero-order valence-electron chi connectivity index (χ0n) is 11.2. The van der Waals surface area contributed by atoms with Gasteiger partial charge in [-0.3, -0.25) is 4.79 Å². The molecule has 0 aromatic heterocycles. The van der Waals surface area contributed by atoms with Crippen molar-refractivity contribution in [1.82, 2.24) is 0 Å². The lowest BCUT2D eigenvalue weighted by molar-refractivity contribution is 0.0964. The molecule has 0 fully saturated rings. The maximum Gasteiger partial charge on any atom is 0.194 e. The van der Waals surface area contributed by atoms with Crippen LogP contribution < -0.4 is 4.74 Å². The smallest absolute Gasteiger partial charge is 0.194 e. The fraction of sp³-hybridized carbons (Fsp3) is 0.188. The summed E-state index contributed by atoms with van der Waals surface area (Å²) in [5.41, 5.74) is 1.40. The number of hydrogen-bond donors (Lipinski definition) is 0. The SMILES string of the molecule is CC(N=O)C(=O)c1ccccc1OCc1ccccc1. The fourth-order valence-corrected chi connectivity index (χ4v) is 1.80. The van der Waals surface area contributed by atoms with E-state index in [2.05, 4.69) is 5.18 Å². The number of carbonyl (C=O) groups excluding carboxylic acids is 1. The Hall–Kier alpha value is -2.49. The molecule has 0 N–H and O–H groups in total.